The highest BCUT2D eigenvalue weighted by atomic mass is 16.4. The Bertz CT molecular complexity index is 449. The minimum atomic E-state index is -0.647. The number of benzene rings is 1. The number of fused-ring (bicyclic) bond motifs is 1. The quantitative estimate of drug-likeness (QED) is 0.850. The van der Waals surface area contributed by atoms with Gasteiger partial charge in [-0.2, -0.15) is 0 Å². The number of rotatable bonds is 2. The van der Waals surface area contributed by atoms with Crippen LogP contribution in [0.1, 0.15) is 31.2 Å². The third-order valence-electron chi connectivity index (χ3n) is 4.23. The molecule has 1 fully saturated rings. The summed E-state index contributed by atoms with van der Waals surface area (Å²) in [6.45, 7) is 0.853. The van der Waals surface area contributed by atoms with Gasteiger partial charge < -0.3 is 10.0 Å². The Labute approximate surface area is 101 Å². The van der Waals surface area contributed by atoms with Crippen molar-refractivity contribution in [3.63, 3.8) is 0 Å². The number of para-hydroxylation sites is 1. The molecule has 3 rings (SSSR count). The molecular formula is C14H17NO2. The van der Waals surface area contributed by atoms with Gasteiger partial charge in [0.1, 0.15) is 5.54 Å². The van der Waals surface area contributed by atoms with Crippen molar-refractivity contribution in [3.05, 3.63) is 29.8 Å². The molecule has 1 N–H and O–H groups in total. The van der Waals surface area contributed by atoms with Gasteiger partial charge in [0.2, 0.25) is 0 Å². The molecule has 1 aromatic carbocycles. The predicted molar refractivity (Wildman–Crippen MR) is 66.3 cm³/mol. The van der Waals surface area contributed by atoms with E-state index in [1.54, 1.807) is 0 Å². The number of carboxylic acids is 1. The van der Waals surface area contributed by atoms with E-state index in [1.807, 2.05) is 12.1 Å². The Hall–Kier alpha value is -1.51. The van der Waals surface area contributed by atoms with E-state index < -0.39 is 11.5 Å². The molecule has 1 aliphatic carbocycles. The SMILES string of the molecule is O=C(O)C1(N2CCc3ccccc32)CCCC1. The fraction of sp³-hybridized carbons (Fsp3) is 0.500. The number of aliphatic carboxylic acids is 1. The van der Waals surface area contributed by atoms with Crippen molar-refractivity contribution in [3.8, 4) is 0 Å². The van der Waals surface area contributed by atoms with Crippen LogP contribution in [0.4, 0.5) is 5.69 Å². The number of anilines is 1. The molecular weight excluding hydrogens is 214 g/mol. The molecule has 0 radical (unpaired) electrons. The van der Waals surface area contributed by atoms with Gasteiger partial charge >= 0.3 is 5.97 Å². The number of carboxylic acid groups (broad SMARTS) is 1. The van der Waals surface area contributed by atoms with Crippen LogP contribution < -0.4 is 4.90 Å². The number of nitrogens with zero attached hydrogens (tertiary/aromatic N) is 1. The van der Waals surface area contributed by atoms with E-state index >= 15 is 0 Å². The molecule has 3 heteroatoms. The van der Waals surface area contributed by atoms with Gasteiger partial charge in [0.05, 0.1) is 0 Å². The van der Waals surface area contributed by atoms with Crippen molar-refractivity contribution < 1.29 is 9.90 Å². The van der Waals surface area contributed by atoms with Gasteiger partial charge in [-0.05, 0) is 30.9 Å². The topological polar surface area (TPSA) is 40.5 Å². The average Bonchev–Trinajstić information content (AvgIpc) is 2.95. The molecule has 1 aliphatic heterocycles. The van der Waals surface area contributed by atoms with Gasteiger partial charge in [-0.15, -0.1) is 0 Å². The molecule has 2 aliphatic rings. The lowest BCUT2D eigenvalue weighted by Gasteiger charge is -2.37. The second-order valence-corrected chi connectivity index (χ2v) is 5.07. The van der Waals surface area contributed by atoms with Crippen LogP contribution in [0, 0.1) is 0 Å². The molecule has 0 atom stereocenters. The summed E-state index contributed by atoms with van der Waals surface area (Å²) < 4.78 is 0. The minimum Gasteiger partial charge on any atom is -0.479 e. The van der Waals surface area contributed by atoms with Crippen molar-refractivity contribution in [2.45, 2.75) is 37.6 Å². The summed E-state index contributed by atoms with van der Waals surface area (Å²) in [5.41, 5.74) is 1.80. The Balaban J connectivity index is 2.02. The molecule has 0 spiro atoms. The molecule has 3 nitrogen and oxygen atoms in total. The van der Waals surface area contributed by atoms with Crippen molar-refractivity contribution in [1.29, 1.82) is 0 Å². The number of carbonyl (C=O) groups is 1. The summed E-state index contributed by atoms with van der Waals surface area (Å²) in [6.07, 6.45) is 4.62. The van der Waals surface area contributed by atoms with Crippen molar-refractivity contribution in [1.82, 2.24) is 0 Å². The molecule has 0 unspecified atom stereocenters. The van der Waals surface area contributed by atoms with E-state index in [-0.39, 0.29) is 0 Å². The minimum absolute atomic E-state index is 0.632. The lowest BCUT2D eigenvalue weighted by Crippen LogP contribution is -2.52. The van der Waals surface area contributed by atoms with E-state index in [9.17, 15) is 9.90 Å². The van der Waals surface area contributed by atoms with Crippen LogP contribution in [-0.2, 0) is 11.2 Å². The Kier molecular flexibility index (Phi) is 2.35. The number of hydrogen-bond acceptors (Lipinski definition) is 2. The van der Waals surface area contributed by atoms with Gasteiger partial charge in [0.25, 0.3) is 0 Å². The zero-order valence-electron chi connectivity index (χ0n) is 9.85. The van der Waals surface area contributed by atoms with Crippen molar-refractivity contribution in [2.75, 3.05) is 11.4 Å². The normalized spacial score (nSPS) is 21.5. The molecule has 0 bridgehead atoms. The van der Waals surface area contributed by atoms with Crippen molar-refractivity contribution in [2.24, 2.45) is 0 Å². The lowest BCUT2D eigenvalue weighted by molar-refractivity contribution is -0.143. The van der Waals surface area contributed by atoms with Crippen LogP contribution in [0.2, 0.25) is 0 Å². The van der Waals surface area contributed by atoms with Gasteiger partial charge in [-0.1, -0.05) is 31.0 Å². The first-order valence-electron chi connectivity index (χ1n) is 6.33. The maximum atomic E-state index is 11.7. The highest BCUT2D eigenvalue weighted by Crippen LogP contribution is 2.42. The summed E-state index contributed by atoms with van der Waals surface area (Å²) in [4.78, 5) is 13.8. The molecule has 0 saturated heterocycles. The maximum Gasteiger partial charge on any atom is 0.329 e. The largest absolute Gasteiger partial charge is 0.479 e. The second kappa shape index (κ2) is 3.76. The van der Waals surface area contributed by atoms with Crippen LogP contribution in [-0.4, -0.2) is 23.2 Å². The van der Waals surface area contributed by atoms with Crippen LogP contribution >= 0.6 is 0 Å². The summed E-state index contributed by atoms with van der Waals surface area (Å²) in [6, 6.07) is 8.21. The van der Waals surface area contributed by atoms with Gasteiger partial charge in [0, 0.05) is 12.2 Å². The monoisotopic (exact) mass is 231 g/mol. The Morgan fingerprint density at radius 2 is 1.94 bits per heavy atom. The average molecular weight is 231 g/mol. The number of hydrogen-bond donors (Lipinski definition) is 1. The van der Waals surface area contributed by atoms with Crippen LogP contribution in [0.3, 0.4) is 0 Å². The third kappa shape index (κ3) is 1.45. The first-order chi connectivity index (χ1) is 8.24. The summed E-state index contributed by atoms with van der Waals surface area (Å²) in [5.74, 6) is -0.647. The first kappa shape index (κ1) is 10.6. The standard InChI is InChI=1S/C14H17NO2/c16-13(17)14(8-3-4-9-14)15-10-7-11-5-1-2-6-12(11)15/h1-2,5-6H,3-4,7-10H2,(H,16,17). The van der Waals surface area contributed by atoms with Gasteiger partial charge in [-0.3, -0.25) is 0 Å². The molecule has 0 aromatic heterocycles. The van der Waals surface area contributed by atoms with E-state index in [0.29, 0.717) is 0 Å². The van der Waals surface area contributed by atoms with E-state index in [4.69, 9.17) is 0 Å². The van der Waals surface area contributed by atoms with Crippen LogP contribution in [0.15, 0.2) is 24.3 Å². The van der Waals surface area contributed by atoms with Crippen LogP contribution in [0.5, 0.6) is 0 Å². The van der Waals surface area contributed by atoms with E-state index in [2.05, 4.69) is 17.0 Å². The summed E-state index contributed by atoms with van der Waals surface area (Å²) >= 11 is 0. The lowest BCUT2D eigenvalue weighted by atomic mass is 9.95. The molecule has 17 heavy (non-hydrogen) atoms. The maximum absolute atomic E-state index is 11.7. The molecule has 0 amide bonds. The predicted octanol–water partition coefficient (Wildman–Crippen LogP) is 2.45. The Morgan fingerprint density at radius 3 is 2.65 bits per heavy atom. The smallest absolute Gasteiger partial charge is 0.329 e. The van der Waals surface area contributed by atoms with Gasteiger partial charge in [0.15, 0.2) is 0 Å². The zero-order valence-corrected chi connectivity index (χ0v) is 9.85. The molecule has 1 aromatic rings. The zero-order chi connectivity index (χ0) is 11.9. The van der Waals surface area contributed by atoms with Gasteiger partial charge in [-0.25, -0.2) is 4.79 Å². The fourth-order valence-corrected chi connectivity index (χ4v) is 3.34. The summed E-state index contributed by atoms with van der Waals surface area (Å²) in [7, 11) is 0. The second-order valence-electron chi connectivity index (χ2n) is 5.07. The summed E-state index contributed by atoms with van der Waals surface area (Å²) in [5, 5.41) is 9.61. The third-order valence-corrected chi connectivity index (χ3v) is 4.23. The highest BCUT2D eigenvalue weighted by molar-refractivity contribution is 5.85. The van der Waals surface area contributed by atoms with E-state index in [0.717, 1.165) is 44.3 Å². The molecule has 1 heterocycles. The van der Waals surface area contributed by atoms with E-state index in [1.165, 1.54) is 5.56 Å². The van der Waals surface area contributed by atoms with Crippen LogP contribution in [0.25, 0.3) is 0 Å². The molecule has 1 saturated carbocycles. The Morgan fingerprint density at radius 1 is 1.24 bits per heavy atom. The first-order valence-corrected chi connectivity index (χ1v) is 6.33. The van der Waals surface area contributed by atoms with Crippen molar-refractivity contribution >= 4 is 11.7 Å². The highest BCUT2D eigenvalue weighted by Gasteiger charge is 2.48. The fourth-order valence-electron chi connectivity index (χ4n) is 3.34. The molecule has 90 valence electrons.